The van der Waals surface area contributed by atoms with Gasteiger partial charge in [-0.15, -0.1) is 0 Å². The van der Waals surface area contributed by atoms with Gasteiger partial charge in [-0.2, -0.15) is 15.0 Å². The standard InChI is InChI=1S/C17H21F2N9O2.C10H18O/c18-13(19)12-11(9-21-15(20)22-12)14-23-16(27-3-1-26(10-29)2-4-27)25-17(24-14)28-5-7-30-8-6-28;1-3-5-6-7-9-10(11)8-4-2/h9-10,13H,1-8H2,(H2,20,21,22);4,8H,3,5-7,9H2,1-2H3/b;8-4+. The molecule has 224 valence electrons. The number of halogens is 2. The summed E-state index contributed by atoms with van der Waals surface area (Å²) in [7, 11) is 0. The van der Waals surface area contributed by atoms with Crippen LogP contribution in [0, 0.1) is 0 Å². The van der Waals surface area contributed by atoms with Crippen LogP contribution in [-0.4, -0.2) is 94.5 Å². The molecule has 2 aromatic heterocycles. The molecule has 2 saturated heterocycles. The Bertz CT molecular complexity index is 1150. The van der Waals surface area contributed by atoms with Crippen LogP contribution >= 0.6 is 0 Å². The minimum atomic E-state index is -2.87. The number of unbranched alkanes of at least 4 members (excludes halogenated alkanes) is 3. The van der Waals surface area contributed by atoms with Crippen LogP contribution in [0.2, 0.25) is 0 Å². The number of amides is 1. The molecule has 12 nitrogen and oxygen atoms in total. The van der Waals surface area contributed by atoms with Crippen LogP contribution in [0.15, 0.2) is 18.3 Å². The number of anilines is 3. The number of aromatic nitrogens is 5. The van der Waals surface area contributed by atoms with Crippen LogP contribution in [0.5, 0.6) is 0 Å². The first kappa shape index (κ1) is 31.7. The van der Waals surface area contributed by atoms with Gasteiger partial charge in [-0.1, -0.05) is 32.3 Å². The van der Waals surface area contributed by atoms with E-state index < -0.39 is 12.1 Å². The van der Waals surface area contributed by atoms with Crippen molar-refractivity contribution < 1.29 is 23.1 Å². The predicted molar refractivity (Wildman–Crippen MR) is 152 cm³/mol. The number of carbonyl (C=O) groups is 2. The van der Waals surface area contributed by atoms with Crippen molar-refractivity contribution in [3.05, 3.63) is 24.0 Å². The number of ether oxygens (including phenoxy) is 1. The van der Waals surface area contributed by atoms with Gasteiger partial charge in [0.1, 0.15) is 5.69 Å². The third-order valence-electron chi connectivity index (χ3n) is 6.57. The highest BCUT2D eigenvalue weighted by Crippen LogP contribution is 2.29. The van der Waals surface area contributed by atoms with Crippen molar-refractivity contribution in [2.24, 2.45) is 0 Å². The summed E-state index contributed by atoms with van der Waals surface area (Å²) in [5.74, 6) is 0.789. The summed E-state index contributed by atoms with van der Waals surface area (Å²) in [4.78, 5) is 48.3. The average Bonchev–Trinajstić information content (AvgIpc) is 3.00. The Labute approximate surface area is 239 Å². The maximum Gasteiger partial charge on any atom is 0.281 e. The van der Waals surface area contributed by atoms with E-state index in [0.717, 1.165) is 19.3 Å². The number of nitrogen functional groups attached to an aromatic ring is 1. The molecule has 0 spiro atoms. The molecule has 0 saturated carbocycles. The number of nitrogens with two attached hydrogens (primary N) is 1. The van der Waals surface area contributed by atoms with Crippen molar-refractivity contribution in [1.82, 2.24) is 29.8 Å². The van der Waals surface area contributed by atoms with E-state index in [1.165, 1.54) is 25.5 Å². The third-order valence-corrected chi connectivity index (χ3v) is 6.57. The molecule has 0 unspecified atom stereocenters. The van der Waals surface area contributed by atoms with Gasteiger partial charge >= 0.3 is 0 Å². The molecule has 2 aliphatic rings. The van der Waals surface area contributed by atoms with Crippen molar-refractivity contribution in [1.29, 1.82) is 0 Å². The van der Waals surface area contributed by atoms with E-state index in [1.807, 2.05) is 22.8 Å². The summed E-state index contributed by atoms with van der Waals surface area (Å²) >= 11 is 0. The van der Waals surface area contributed by atoms with Gasteiger partial charge in [0.05, 0.1) is 18.8 Å². The van der Waals surface area contributed by atoms with Gasteiger partial charge in [-0.05, 0) is 19.4 Å². The highest BCUT2D eigenvalue weighted by molar-refractivity contribution is 5.89. The van der Waals surface area contributed by atoms with Gasteiger partial charge in [-0.3, -0.25) is 9.59 Å². The van der Waals surface area contributed by atoms with Crippen molar-refractivity contribution in [3.63, 3.8) is 0 Å². The van der Waals surface area contributed by atoms with Gasteiger partial charge in [0, 0.05) is 51.9 Å². The number of piperazine rings is 1. The number of hydrogen-bond donors (Lipinski definition) is 1. The highest BCUT2D eigenvalue weighted by Gasteiger charge is 2.25. The molecule has 0 radical (unpaired) electrons. The number of alkyl halides is 2. The van der Waals surface area contributed by atoms with Crippen molar-refractivity contribution in [3.8, 4) is 11.4 Å². The van der Waals surface area contributed by atoms with Crippen molar-refractivity contribution in [2.45, 2.75) is 52.4 Å². The van der Waals surface area contributed by atoms with Crippen LogP contribution in [0.3, 0.4) is 0 Å². The molecule has 2 fully saturated rings. The van der Waals surface area contributed by atoms with Crippen molar-refractivity contribution >= 4 is 30.0 Å². The second kappa shape index (κ2) is 16.5. The van der Waals surface area contributed by atoms with E-state index >= 15 is 0 Å². The quantitative estimate of drug-likeness (QED) is 0.240. The molecule has 0 aliphatic carbocycles. The Morgan fingerprint density at radius 1 is 1.00 bits per heavy atom. The summed E-state index contributed by atoms with van der Waals surface area (Å²) in [5.41, 5.74) is 4.97. The molecular formula is C27H39F2N9O3. The molecular weight excluding hydrogens is 536 g/mol. The number of carbonyl (C=O) groups excluding carboxylic acids is 2. The Morgan fingerprint density at radius 2 is 1.66 bits per heavy atom. The lowest BCUT2D eigenvalue weighted by atomic mass is 10.1. The van der Waals surface area contributed by atoms with E-state index in [2.05, 4.69) is 31.8 Å². The molecule has 0 atom stereocenters. The second-order valence-corrected chi connectivity index (χ2v) is 9.59. The Hall–Kier alpha value is -3.81. The Balaban J connectivity index is 0.000000358. The number of rotatable bonds is 11. The van der Waals surface area contributed by atoms with Crippen LogP contribution in [0.4, 0.5) is 26.6 Å². The van der Waals surface area contributed by atoms with Gasteiger partial charge in [0.25, 0.3) is 6.43 Å². The molecule has 2 N–H and O–H groups in total. The molecule has 14 heteroatoms. The Kier molecular flexibility index (Phi) is 12.7. The minimum Gasteiger partial charge on any atom is -0.378 e. The highest BCUT2D eigenvalue weighted by atomic mass is 19.3. The van der Waals surface area contributed by atoms with Crippen LogP contribution in [0.25, 0.3) is 11.4 Å². The molecule has 1 amide bonds. The van der Waals surface area contributed by atoms with Gasteiger partial charge in [-0.25, -0.2) is 18.7 Å². The zero-order chi connectivity index (χ0) is 29.6. The van der Waals surface area contributed by atoms with Gasteiger partial charge < -0.3 is 25.2 Å². The number of hydrogen-bond acceptors (Lipinski definition) is 11. The fraction of sp³-hybridized carbons (Fsp3) is 0.593. The second-order valence-electron chi connectivity index (χ2n) is 9.59. The van der Waals surface area contributed by atoms with E-state index in [-0.39, 0.29) is 23.1 Å². The fourth-order valence-electron chi connectivity index (χ4n) is 4.29. The number of nitrogens with zero attached hydrogens (tertiary/aromatic N) is 8. The largest absolute Gasteiger partial charge is 0.378 e. The smallest absolute Gasteiger partial charge is 0.281 e. The maximum atomic E-state index is 13.6. The zero-order valence-electron chi connectivity index (χ0n) is 23.7. The van der Waals surface area contributed by atoms with Crippen LogP contribution in [0.1, 0.15) is 58.1 Å². The molecule has 41 heavy (non-hydrogen) atoms. The summed E-state index contributed by atoms with van der Waals surface area (Å²) in [6, 6.07) is 0. The first-order valence-corrected chi connectivity index (χ1v) is 14.0. The lowest BCUT2D eigenvalue weighted by molar-refractivity contribution is -0.118. The predicted octanol–water partition coefficient (Wildman–Crippen LogP) is 3.07. The zero-order valence-corrected chi connectivity index (χ0v) is 23.7. The van der Waals surface area contributed by atoms with Crippen molar-refractivity contribution in [2.75, 3.05) is 68.0 Å². The number of allylic oxidation sites excluding steroid dienone is 2. The molecule has 2 aromatic rings. The Morgan fingerprint density at radius 3 is 2.24 bits per heavy atom. The first-order chi connectivity index (χ1) is 19.9. The van der Waals surface area contributed by atoms with Gasteiger partial charge in [0.15, 0.2) is 11.6 Å². The monoisotopic (exact) mass is 575 g/mol. The van der Waals surface area contributed by atoms with Gasteiger partial charge in [0.2, 0.25) is 24.3 Å². The van der Waals surface area contributed by atoms with Crippen LogP contribution < -0.4 is 15.5 Å². The topological polar surface area (TPSA) is 144 Å². The minimum absolute atomic E-state index is 0.00360. The number of ketones is 1. The van der Waals surface area contributed by atoms with E-state index in [4.69, 9.17) is 10.5 Å². The molecule has 0 aromatic carbocycles. The lowest BCUT2D eigenvalue weighted by Gasteiger charge is -2.33. The average molecular weight is 576 g/mol. The van der Waals surface area contributed by atoms with E-state index in [1.54, 1.807) is 11.0 Å². The third kappa shape index (κ3) is 9.66. The lowest BCUT2D eigenvalue weighted by Crippen LogP contribution is -2.46. The molecule has 4 rings (SSSR count). The first-order valence-electron chi connectivity index (χ1n) is 14.0. The van der Waals surface area contributed by atoms with E-state index in [0.29, 0.717) is 64.4 Å². The molecule has 4 heterocycles. The SMILES string of the molecule is C/C=C/C(=O)CCCCCC.Nc1ncc(-c2nc(N3CCOCC3)nc(N3CCN(C=O)CC3)n2)c(C(F)F)n1. The van der Waals surface area contributed by atoms with E-state index in [9.17, 15) is 18.4 Å². The van der Waals surface area contributed by atoms with Crippen LogP contribution in [-0.2, 0) is 14.3 Å². The fourth-order valence-corrected chi connectivity index (χ4v) is 4.29. The molecule has 0 bridgehead atoms. The maximum absolute atomic E-state index is 13.6. The summed E-state index contributed by atoms with van der Waals surface area (Å²) in [5, 5.41) is 0. The normalized spacial score (nSPS) is 15.7. The summed E-state index contributed by atoms with van der Waals surface area (Å²) in [6.45, 7) is 8.30. The summed E-state index contributed by atoms with van der Waals surface area (Å²) < 4.78 is 32.6. The number of morpholine rings is 1. The summed E-state index contributed by atoms with van der Waals surface area (Å²) in [6.07, 6.45) is 8.07. The molecule has 2 aliphatic heterocycles.